The number of nitrogens with one attached hydrogen (secondary N) is 2. The number of benzene rings is 1. The molecule has 128 valence electrons. The summed E-state index contributed by atoms with van der Waals surface area (Å²) in [6.45, 7) is 5.34. The molecule has 0 atom stereocenters. The Kier molecular flexibility index (Phi) is 7.73. The zero-order chi connectivity index (χ0) is 16.3. The van der Waals surface area contributed by atoms with E-state index in [2.05, 4.69) is 26.6 Å². The fourth-order valence-electron chi connectivity index (χ4n) is 2.96. The average Bonchev–Trinajstić information content (AvgIpc) is 2.61. The molecule has 0 amide bonds. The molecule has 23 heavy (non-hydrogen) atoms. The molecule has 0 aromatic heterocycles. The summed E-state index contributed by atoms with van der Waals surface area (Å²) in [5, 5.41) is 6.77. The van der Waals surface area contributed by atoms with Crippen LogP contribution < -0.4 is 15.4 Å². The Balaban J connectivity index is 1.66. The van der Waals surface area contributed by atoms with E-state index in [0.29, 0.717) is 0 Å². The highest BCUT2D eigenvalue weighted by Crippen LogP contribution is 2.17. The van der Waals surface area contributed by atoms with Crippen LogP contribution in [-0.4, -0.2) is 57.7 Å². The van der Waals surface area contributed by atoms with E-state index in [1.807, 2.05) is 25.2 Å². The molecule has 1 saturated heterocycles. The van der Waals surface area contributed by atoms with Gasteiger partial charge in [-0.25, -0.2) is 0 Å². The second-order valence-electron chi connectivity index (χ2n) is 5.89. The van der Waals surface area contributed by atoms with Crippen molar-refractivity contribution in [3.05, 3.63) is 29.8 Å². The van der Waals surface area contributed by atoms with Gasteiger partial charge in [0.1, 0.15) is 5.75 Å². The van der Waals surface area contributed by atoms with Gasteiger partial charge in [0.25, 0.3) is 0 Å². The third-order valence-electron chi connectivity index (χ3n) is 4.27. The molecule has 0 unspecified atom stereocenters. The number of aliphatic imine (C=N–C) groups is 1. The first-order chi connectivity index (χ1) is 11.3. The van der Waals surface area contributed by atoms with Crippen LogP contribution in [0.5, 0.6) is 5.75 Å². The summed E-state index contributed by atoms with van der Waals surface area (Å²) < 4.78 is 5.38. The zero-order valence-corrected chi connectivity index (χ0v) is 14.5. The van der Waals surface area contributed by atoms with Gasteiger partial charge in [-0.2, -0.15) is 0 Å². The monoisotopic (exact) mass is 318 g/mol. The van der Waals surface area contributed by atoms with Gasteiger partial charge in [-0.1, -0.05) is 24.6 Å². The Labute approximate surface area is 140 Å². The van der Waals surface area contributed by atoms with E-state index in [9.17, 15) is 0 Å². The molecule has 0 radical (unpaired) electrons. The first kappa shape index (κ1) is 17.6. The Morgan fingerprint density at radius 3 is 2.61 bits per heavy atom. The van der Waals surface area contributed by atoms with Crippen molar-refractivity contribution in [1.29, 1.82) is 0 Å². The SMILES string of the molecule is CN=C(NCCc1ccccc1OC)NCCN1CCCCC1. The summed E-state index contributed by atoms with van der Waals surface area (Å²) in [4.78, 5) is 6.82. The van der Waals surface area contributed by atoms with Crippen molar-refractivity contribution in [2.24, 2.45) is 4.99 Å². The molecular formula is C18H30N4O. The molecule has 1 heterocycles. The van der Waals surface area contributed by atoms with E-state index in [1.165, 1.54) is 37.9 Å². The van der Waals surface area contributed by atoms with Crippen molar-refractivity contribution in [2.45, 2.75) is 25.7 Å². The van der Waals surface area contributed by atoms with Gasteiger partial charge in [-0.3, -0.25) is 4.99 Å². The number of ether oxygens (including phenoxy) is 1. The lowest BCUT2D eigenvalue weighted by atomic mass is 10.1. The molecule has 2 N–H and O–H groups in total. The maximum absolute atomic E-state index is 5.38. The first-order valence-corrected chi connectivity index (χ1v) is 8.62. The molecule has 1 aromatic rings. The smallest absolute Gasteiger partial charge is 0.191 e. The van der Waals surface area contributed by atoms with Crippen LogP contribution in [-0.2, 0) is 6.42 Å². The van der Waals surface area contributed by atoms with Crippen molar-refractivity contribution in [3.8, 4) is 5.75 Å². The standard InChI is InChI=1S/C18H30N4O/c1-19-18(21-12-15-22-13-6-3-7-14-22)20-11-10-16-8-4-5-9-17(16)23-2/h4-5,8-9H,3,6-7,10-15H2,1-2H3,(H2,19,20,21). The number of likely N-dealkylation sites (tertiary alicyclic amines) is 1. The minimum absolute atomic E-state index is 0.837. The summed E-state index contributed by atoms with van der Waals surface area (Å²) in [7, 11) is 3.53. The number of rotatable bonds is 7. The summed E-state index contributed by atoms with van der Waals surface area (Å²) in [5.41, 5.74) is 1.21. The normalized spacial score (nSPS) is 16.2. The molecule has 0 saturated carbocycles. The summed E-state index contributed by atoms with van der Waals surface area (Å²) in [6, 6.07) is 8.15. The third-order valence-corrected chi connectivity index (χ3v) is 4.27. The molecule has 0 bridgehead atoms. The van der Waals surface area contributed by atoms with E-state index in [0.717, 1.165) is 37.8 Å². The molecule has 1 aliphatic rings. The predicted molar refractivity (Wildman–Crippen MR) is 96.4 cm³/mol. The van der Waals surface area contributed by atoms with Crippen LogP contribution >= 0.6 is 0 Å². The molecule has 2 rings (SSSR count). The Morgan fingerprint density at radius 2 is 1.87 bits per heavy atom. The fourth-order valence-corrected chi connectivity index (χ4v) is 2.96. The maximum Gasteiger partial charge on any atom is 0.191 e. The van der Waals surface area contributed by atoms with Crippen LogP contribution in [0.4, 0.5) is 0 Å². The molecule has 1 aliphatic heterocycles. The Hall–Kier alpha value is -1.75. The van der Waals surface area contributed by atoms with Gasteiger partial charge in [0, 0.05) is 26.7 Å². The van der Waals surface area contributed by atoms with Crippen LogP contribution in [0.1, 0.15) is 24.8 Å². The lowest BCUT2D eigenvalue weighted by Gasteiger charge is -2.26. The molecule has 1 fully saturated rings. The van der Waals surface area contributed by atoms with Gasteiger partial charge in [0.2, 0.25) is 0 Å². The quantitative estimate of drug-likeness (QED) is 0.595. The molecule has 1 aromatic carbocycles. The number of methoxy groups -OCH3 is 1. The van der Waals surface area contributed by atoms with Crippen LogP contribution in [0.3, 0.4) is 0 Å². The number of para-hydroxylation sites is 1. The van der Waals surface area contributed by atoms with E-state index < -0.39 is 0 Å². The fraction of sp³-hybridized carbons (Fsp3) is 0.611. The Bertz CT molecular complexity index is 484. The van der Waals surface area contributed by atoms with E-state index in [1.54, 1.807) is 7.11 Å². The van der Waals surface area contributed by atoms with Crippen molar-refractivity contribution in [2.75, 3.05) is 46.9 Å². The first-order valence-electron chi connectivity index (χ1n) is 8.62. The molecule has 0 aliphatic carbocycles. The number of nitrogens with zero attached hydrogens (tertiary/aromatic N) is 2. The molecule has 5 nitrogen and oxygen atoms in total. The summed E-state index contributed by atoms with van der Waals surface area (Å²) in [6.07, 6.45) is 4.98. The maximum atomic E-state index is 5.38. The van der Waals surface area contributed by atoms with E-state index in [4.69, 9.17) is 4.74 Å². The van der Waals surface area contributed by atoms with Crippen molar-refractivity contribution >= 4 is 5.96 Å². The van der Waals surface area contributed by atoms with Gasteiger partial charge >= 0.3 is 0 Å². The zero-order valence-electron chi connectivity index (χ0n) is 14.5. The highest BCUT2D eigenvalue weighted by atomic mass is 16.5. The van der Waals surface area contributed by atoms with Crippen LogP contribution in [0.15, 0.2) is 29.3 Å². The average molecular weight is 318 g/mol. The van der Waals surface area contributed by atoms with Gasteiger partial charge in [0.15, 0.2) is 5.96 Å². The number of hydrogen-bond acceptors (Lipinski definition) is 3. The van der Waals surface area contributed by atoms with Gasteiger partial charge in [-0.15, -0.1) is 0 Å². The number of hydrogen-bond donors (Lipinski definition) is 2. The number of guanidine groups is 1. The van der Waals surface area contributed by atoms with Gasteiger partial charge in [0.05, 0.1) is 7.11 Å². The molecule has 5 heteroatoms. The van der Waals surface area contributed by atoms with E-state index >= 15 is 0 Å². The summed E-state index contributed by atoms with van der Waals surface area (Å²) >= 11 is 0. The van der Waals surface area contributed by atoms with Crippen LogP contribution in [0, 0.1) is 0 Å². The lowest BCUT2D eigenvalue weighted by molar-refractivity contribution is 0.232. The third kappa shape index (κ3) is 6.10. The van der Waals surface area contributed by atoms with Crippen molar-refractivity contribution in [1.82, 2.24) is 15.5 Å². The molecule has 0 spiro atoms. The van der Waals surface area contributed by atoms with E-state index in [-0.39, 0.29) is 0 Å². The Morgan fingerprint density at radius 1 is 1.13 bits per heavy atom. The highest BCUT2D eigenvalue weighted by molar-refractivity contribution is 5.79. The molecular weight excluding hydrogens is 288 g/mol. The van der Waals surface area contributed by atoms with Gasteiger partial charge < -0.3 is 20.3 Å². The van der Waals surface area contributed by atoms with Crippen molar-refractivity contribution < 1.29 is 4.74 Å². The second kappa shape index (κ2) is 10.1. The van der Waals surface area contributed by atoms with Gasteiger partial charge in [-0.05, 0) is 44.0 Å². The topological polar surface area (TPSA) is 48.9 Å². The highest BCUT2D eigenvalue weighted by Gasteiger charge is 2.09. The van der Waals surface area contributed by atoms with Crippen LogP contribution in [0.25, 0.3) is 0 Å². The minimum atomic E-state index is 0.837. The lowest BCUT2D eigenvalue weighted by Crippen LogP contribution is -2.43. The largest absolute Gasteiger partial charge is 0.496 e. The van der Waals surface area contributed by atoms with Crippen molar-refractivity contribution in [3.63, 3.8) is 0 Å². The minimum Gasteiger partial charge on any atom is -0.496 e. The predicted octanol–water partition coefficient (Wildman–Crippen LogP) is 1.89. The number of piperidine rings is 1. The second-order valence-corrected chi connectivity index (χ2v) is 5.89. The van der Waals surface area contributed by atoms with Crippen LogP contribution in [0.2, 0.25) is 0 Å². The summed E-state index contributed by atoms with van der Waals surface area (Å²) in [5.74, 6) is 1.82.